The summed E-state index contributed by atoms with van der Waals surface area (Å²) in [5, 5.41) is 14.0. The van der Waals surface area contributed by atoms with E-state index in [0.29, 0.717) is 25.6 Å². The average molecular weight is 232 g/mol. The fourth-order valence-corrected chi connectivity index (χ4v) is 0.848. The summed E-state index contributed by atoms with van der Waals surface area (Å²) in [6.07, 6.45) is 1.35. The average Bonchev–Trinajstić information content (AvgIpc) is 2.24. The van der Waals surface area contributed by atoms with E-state index in [1.807, 2.05) is 0 Å². The predicted molar refractivity (Wildman–Crippen MR) is 57.3 cm³/mol. The third-order valence-electron chi connectivity index (χ3n) is 1.44. The molecule has 0 spiro atoms. The lowest BCUT2D eigenvalue weighted by atomic mass is 10.3. The van der Waals surface area contributed by atoms with Gasteiger partial charge < -0.3 is 15.4 Å². The van der Waals surface area contributed by atoms with Crippen LogP contribution in [0.2, 0.25) is 0 Å². The van der Waals surface area contributed by atoms with E-state index in [4.69, 9.17) is 21.6 Å². The van der Waals surface area contributed by atoms with Crippen molar-refractivity contribution in [3.8, 4) is 6.07 Å². The van der Waals surface area contributed by atoms with Crippen molar-refractivity contribution < 1.29 is 9.53 Å². The molecule has 0 unspecified atom stereocenters. The number of ether oxygens (including phenoxy) is 1. The molecular weight excluding hydrogens is 218 g/mol. The third kappa shape index (κ3) is 6.77. The van der Waals surface area contributed by atoms with Crippen LogP contribution in [-0.2, 0) is 9.53 Å². The normalized spacial score (nSPS) is 10.6. The molecule has 84 valence electrons. The summed E-state index contributed by atoms with van der Waals surface area (Å²) in [7, 11) is 1.54. The van der Waals surface area contributed by atoms with Gasteiger partial charge in [-0.15, -0.1) is 11.6 Å². The van der Waals surface area contributed by atoms with Gasteiger partial charge in [0.1, 0.15) is 11.6 Å². The minimum Gasteiger partial charge on any atom is -0.388 e. The van der Waals surface area contributed by atoms with Crippen LogP contribution in [-0.4, -0.2) is 38.6 Å². The number of carbonyl (C=O) groups excluding carboxylic acids is 1. The molecule has 0 bridgehead atoms. The number of alkyl halides is 1. The van der Waals surface area contributed by atoms with E-state index in [2.05, 4.69) is 10.6 Å². The quantitative estimate of drug-likeness (QED) is 0.280. The maximum Gasteiger partial charge on any atom is 0.263 e. The molecule has 0 fully saturated rings. The molecule has 0 heterocycles. The van der Waals surface area contributed by atoms with E-state index >= 15 is 0 Å². The Kier molecular flexibility index (Phi) is 8.53. The Morgan fingerprint density at radius 3 is 2.87 bits per heavy atom. The number of amides is 1. The minimum absolute atomic E-state index is 0.0243. The first-order valence-corrected chi connectivity index (χ1v) is 4.96. The molecule has 0 aliphatic rings. The number of carbonyl (C=O) groups is 1. The Hall–Kier alpha value is -1.25. The lowest BCUT2D eigenvalue weighted by Gasteiger charge is -2.03. The molecule has 0 aliphatic heterocycles. The fraction of sp³-hybridized carbons (Fsp3) is 0.556. The Morgan fingerprint density at radius 1 is 1.60 bits per heavy atom. The molecule has 0 aromatic carbocycles. The van der Waals surface area contributed by atoms with Crippen molar-refractivity contribution in [1.29, 1.82) is 5.26 Å². The van der Waals surface area contributed by atoms with Gasteiger partial charge in [-0.05, 0) is 0 Å². The lowest BCUT2D eigenvalue weighted by molar-refractivity contribution is -0.117. The number of hydrogen-bond donors (Lipinski definition) is 2. The standard InChI is InChI=1S/C9H14ClN3O2/c1-15-5-4-13-9(14)8(6-11)7-12-3-2-10/h7,12H,2-5H2,1H3,(H,13,14)/b8-7-. The highest BCUT2D eigenvalue weighted by molar-refractivity contribution is 6.18. The van der Waals surface area contributed by atoms with Crippen LogP contribution in [0.15, 0.2) is 11.8 Å². The van der Waals surface area contributed by atoms with Gasteiger partial charge in [0.15, 0.2) is 0 Å². The van der Waals surface area contributed by atoms with Crippen molar-refractivity contribution in [1.82, 2.24) is 10.6 Å². The molecule has 6 heteroatoms. The van der Waals surface area contributed by atoms with Gasteiger partial charge in [0.25, 0.3) is 5.91 Å². The van der Waals surface area contributed by atoms with E-state index in [1.165, 1.54) is 13.3 Å². The van der Waals surface area contributed by atoms with Crippen molar-refractivity contribution in [2.24, 2.45) is 0 Å². The first kappa shape index (κ1) is 13.8. The van der Waals surface area contributed by atoms with Gasteiger partial charge in [-0.3, -0.25) is 4.79 Å². The molecule has 0 aliphatic carbocycles. The second-order valence-corrected chi connectivity index (χ2v) is 2.94. The molecule has 0 aromatic rings. The lowest BCUT2D eigenvalue weighted by Crippen LogP contribution is -2.28. The number of nitrogens with one attached hydrogen (secondary N) is 2. The van der Waals surface area contributed by atoms with Crippen LogP contribution >= 0.6 is 11.6 Å². The number of methoxy groups -OCH3 is 1. The minimum atomic E-state index is -0.420. The van der Waals surface area contributed by atoms with Gasteiger partial charge in [0.2, 0.25) is 0 Å². The Balaban J connectivity index is 4.00. The van der Waals surface area contributed by atoms with Crippen LogP contribution in [0.5, 0.6) is 0 Å². The Bertz CT molecular complexity index is 261. The summed E-state index contributed by atoms with van der Waals surface area (Å²) in [6, 6.07) is 1.79. The zero-order valence-corrected chi connectivity index (χ0v) is 9.30. The van der Waals surface area contributed by atoms with Crippen molar-refractivity contribution >= 4 is 17.5 Å². The van der Waals surface area contributed by atoms with Crippen molar-refractivity contribution in [3.05, 3.63) is 11.8 Å². The van der Waals surface area contributed by atoms with Gasteiger partial charge >= 0.3 is 0 Å². The number of nitriles is 1. The number of hydrogen-bond acceptors (Lipinski definition) is 4. The molecule has 0 aromatic heterocycles. The molecule has 2 N–H and O–H groups in total. The first-order chi connectivity index (χ1) is 7.26. The summed E-state index contributed by atoms with van der Waals surface area (Å²) in [5.41, 5.74) is 0.0243. The maximum absolute atomic E-state index is 11.3. The van der Waals surface area contributed by atoms with Crippen molar-refractivity contribution in [2.75, 3.05) is 32.7 Å². The van der Waals surface area contributed by atoms with Crippen LogP contribution in [0.3, 0.4) is 0 Å². The van der Waals surface area contributed by atoms with E-state index < -0.39 is 5.91 Å². The largest absolute Gasteiger partial charge is 0.388 e. The molecule has 0 rings (SSSR count). The number of nitrogens with zero attached hydrogens (tertiary/aromatic N) is 1. The van der Waals surface area contributed by atoms with Gasteiger partial charge in [0, 0.05) is 32.3 Å². The van der Waals surface area contributed by atoms with Crippen LogP contribution in [0.1, 0.15) is 0 Å². The summed E-state index contributed by atoms with van der Waals surface area (Å²) in [6.45, 7) is 1.31. The fourth-order valence-electron chi connectivity index (χ4n) is 0.739. The smallest absolute Gasteiger partial charge is 0.263 e. The Morgan fingerprint density at radius 2 is 2.33 bits per heavy atom. The molecule has 0 saturated carbocycles. The summed E-state index contributed by atoms with van der Waals surface area (Å²) >= 11 is 5.42. The zero-order valence-electron chi connectivity index (χ0n) is 8.55. The van der Waals surface area contributed by atoms with Gasteiger partial charge in [-0.1, -0.05) is 0 Å². The van der Waals surface area contributed by atoms with E-state index in [0.717, 1.165) is 0 Å². The highest BCUT2D eigenvalue weighted by atomic mass is 35.5. The monoisotopic (exact) mass is 231 g/mol. The van der Waals surface area contributed by atoms with Crippen LogP contribution in [0, 0.1) is 11.3 Å². The topological polar surface area (TPSA) is 74.1 Å². The van der Waals surface area contributed by atoms with Crippen molar-refractivity contribution in [3.63, 3.8) is 0 Å². The predicted octanol–water partition coefficient (Wildman–Crippen LogP) is -0.0151. The molecule has 1 amide bonds. The van der Waals surface area contributed by atoms with Crippen LogP contribution < -0.4 is 10.6 Å². The van der Waals surface area contributed by atoms with Gasteiger partial charge in [0.05, 0.1) is 6.61 Å². The summed E-state index contributed by atoms with van der Waals surface area (Å²) in [5.74, 6) is -0.00263. The van der Waals surface area contributed by atoms with E-state index in [1.54, 1.807) is 6.07 Å². The number of rotatable bonds is 7. The van der Waals surface area contributed by atoms with Crippen molar-refractivity contribution in [2.45, 2.75) is 0 Å². The molecule has 0 radical (unpaired) electrons. The molecule has 5 nitrogen and oxygen atoms in total. The SMILES string of the molecule is COCCNC(=O)/C(C#N)=C\NCCCl. The van der Waals surface area contributed by atoms with Crippen LogP contribution in [0.25, 0.3) is 0 Å². The maximum atomic E-state index is 11.3. The molecule has 15 heavy (non-hydrogen) atoms. The van der Waals surface area contributed by atoms with E-state index in [9.17, 15) is 4.79 Å². The highest BCUT2D eigenvalue weighted by Gasteiger charge is 2.06. The summed E-state index contributed by atoms with van der Waals surface area (Å²) < 4.78 is 4.75. The molecule has 0 atom stereocenters. The summed E-state index contributed by atoms with van der Waals surface area (Å²) in [4.78, 5) is 11.3. The second kappa shape index (κ2) is 9.31. The van der Waals surface area contributed by atoms with E-state index in [-0.39, 0.29) is 5.57 Å². The Labute approximate surface area is 94.0 Å². The first-order valence-electron chi connectivity index (χ1n) is 4.43. The van der Waals surface area contributed by atoms with Gasteiger partial charge in [-0.2, -0.15) is 5.26 Å². The second-order valence-electron chi connectivity index (χ2n) is 2.56. The molecule has 0 saturated heterocycles. The van der Waals surface area contributed by atoms with Crippen LogP contribution in [0.4, 0.5) is 0 Å². The third-order valence-corrected chi connectivity index (χ3v) is 1.63. The number of halogens is 1. The highest BCUT2D eigenvalue weighted by Crippen LogP contribution is 1.89. The molecular formula is C9H14ClN3O2. The zero-order chi connectivity index (χ0) is 11.5. The van der Waals surface area contributed by atoms with Gasteiger partial charge in [-0.25, -0.2) is 0 Å².